The molecule has 0 unspecified atom stereocenters. The molecule has 1 aromatic rings. The highest BCUT2D eigenvalue weighted by atomic mass is 16.5. The molecular weight excluding hydrogens is 344 g/mol. The van der Waals surface area contributed by atoms with Crippen LogP contribution in [0.5, 0.6) is 5.75 Å². The fourth-order valence-electron chi connectivity index (χ4n) is 4.42. The Morgan fingerprint density at radius 1 is 1.15 bits per heavy atom. The second kappa shape index (κ2) is 7.76. The second-order valence-electron chi connectivity index (χ2n) is 7.66. The van der Waals surface area contributed by atoms with Gasteiger partial charge in [-0.2, -0.15) is 0 Å². The van der Waals surface area contributed by atoms with E-state index in [0.717, 1.165) is 37.4 Å². The molecule has 0 radical (unpaired) electrons. The van der Waals surface area contributed by atoms with Crippen molar-refractivity contribution in [1.82, 2.24) is 15.1 Å². The summed E-state index contributed by atoms with van der Waals surface area (Å²) in [6.45, 7) is 3.74. The fourth-order valence-corrected chi connectivity index (χ4v) is 4.42. The van der Waals surface area contributed by atoms with Gasteiger partial charge < -0.3 is 24.8 Å². The number of anilines is 1. The van der Waals surface area contributed by atoms with Crippen LogP contribution in [0.4, 0.5) is 5.69 Å². The van der Waals surface area contributed by atoms with Gasteiger partial charge in [-0.3, -0.25) is 9.59 Å². The monoisotopic (exact) mass is 372 g/mol. The summed E-state index contributed by atoms with van der Waals surface area (Å²) in [5.74, 6) is 1.02. The fraction of sp³-hybridized carbons (Fsp3) is 0.600. The van der Waals surface area contributed by atoms with E-state index >= 15 is 0 Å². The van der Waals surface area contributed by atoms with Crippen LogP contribution in [0.25, 0.3) is 0 Å². The number of methoxy groups -OCH3 is 1. The van der Waals surface area contributed by atoms with Crippen molar-refractivity contribution in [1.29, 1.82) is 0 Å². The van der Waals surface area contributed by atoms with Crippen LogP contribution >= 0.6 is 0 Å². The first-order chi connectivity index (χ1) is 13.1. The number of nitrogens with one attached hydrogen (secondary N) is 1. The number of likely N-dealkylation sites (tertiary alicyclic amines) is 1. The van der Waals surface area contributed by atoms with Crippen LogP contribution in [0.2, 0.25) is 0 Å². The molecule has 3 heterocycles. The predicted molar refractivity (Wildman–Crippen MR) is 103 cm³/mol. The quantitative estimate of drug-likeness (QED) is 0.843. The SMILES string of the molecule is COc1ccccc1N1CCN(C(=O)CN2C[C@@H]3CC[C@H](CC2=O)N3)CC1. The van der Waals surface area contributed by atoms with Crippen LogP contribution in [0, 0.1) is 0 Å². The van der Waals surface area contributed by atoms with E-state index in [9.17, 15) is 9.59 Å². The van der Waals surface area contributed by atoms with E-state index in [1.54, 1.807) is 12.0 Å². The van der Waals surface area contributed by atoms with E-state index in [2.05, 4.69) is 10.2 Å². The Morgan fingerprint density at radius 3 is 2.67 bits per heavy atom. The maximum absolute atomic E-state index is 12.8. The maximum atomic E-state index is 12.8. The van der Waals surface area contributed by atoms with Gasteiger partial charge in [0.05, 0.1) is 19.3 Å². The van der Waals surface area contributed by atoms with Gasteiger partial charge in [-0.25, -0.2) is 0 Å². The number of carbonyl (C=O) groups excluding carboxylic acids is 2. The lowest BCUT2D eigenvalue weighted by molar-refractivity contribution is -0.140. The normalized spacial score (nSPS) is 25.5. The number of hydrogen-bond acceptors (Lipinski definition) is 5. The molecule has 0 aromatic heterocycles. The Balaban J connectivity index is 1.33. The molecular formula is C20H28N4O3. The average Bonchev–Trinajstić information content (AvgIpc) is 3.07. The van der Waals surface area contributed by atoms with Crippen molar-refractivity contribution in [2.45, 2.75) is 31.3 Å². The van der Waals surface area contributed by atoms with Crippen molar-refractivity contribution in [2.75, 3.05) is 51.3 Å². The molecule has 3 saturated heterocycles. The molecule has 0 spiro atoms. The Kier molecular flexibility index (Phi) is 5.20. The topological polar surface area (TPSA) is 65.1 Å². The van der Waals surface area contributed by atoms with Gasteiger partial charge in [-0.1, -0.05) is 12.1 Å². The van der Waals surface area contributed by atoms with E-state index in [1.165, 1.54) is 0 Å². The number of ether oxygens (including phenoxy) is 1. The Bertz CT molecular complexity index is 702. The van der Waals surface area contributed by atoms with E-state index < -0.39 is 0 Å². The van der Waals surface area contributed by atoms with Crippen molar-refractivity contribution in [3.8, 4) is 5.75 Å². The molecule has 7 nitrogen and oxygen atoms in total. The van der Waals surface area contributed by atoms with Crippen molar-refractivity contribution in [3.63, 3.8) is 0 Å². The highest BCUT2D eigenvalue weighted by Gasteiger charge is 2.35. The Hall–Kier alpha value is -2.28. The number of fused-ring (bicyclic) bond motifs is 2. The van der Waals surface area contributed by atoms with Gasteiger partial charge in [0.25, 0.3) is 0 Å². The number of piperazine rings is 1. The van der Waals surface area contributed by atoms with Crippen molar-refractivity contribution in [2.24, 2.45) is 0 Å². The molecule has 0 saturated carbocycles. The number of rotatable bonds is 4. The number of hydrogen-bond donors (Lipinski definition) is 1. The summed E-state index contributed by atoms with van der Waals surface area (Å²) in [5, 5.41) is 3.49. The zero-order chi connectivity index (χ0) is 18.8. The molecule has 1 aromatic carbocycles. The number of nitrogens with zero attached hydrogens (tertiary/aromatic N) is 3. The van der Waals surface area contributed by atoms with Gasteiger partial charge in [0, 0.05) is 51.2 Å². The molecule has 3 aliphatic rings. The summed E-state index contributed by atoms with van der Waals surface area (Å²) >= 11 is 0. The van der Waals surface area contributed by atoms with E-state index in [1.807, 2.05) is 29.2 Å². The summed E-state index contributed by atoms with van der Waals surface area (Å²) in [6.07, 6.45) is 2.69. The van der Waals surface area contributed by atoms with Crippen LogP contribution in [-0.2, 0) is 9.59 Å². The standard InChI is InChI=1S/C20H28N4O3/c1-27-18-5-3-2-4-17(18)22-8-10-23(11-9-22)20(26)14-24-13-16-7-6-15(21-16)12-19(24)25/h2-5,15-16,21H,6-14H2,1H3/t15-,16+/m1/s1. The Labute approximate surface area is 160 Å². The van der Waals surface area contributed by atoms with Gasteiger partial charge in [0.1, 0.15) is 5.75 Å². The summed E-state index contributed by atoms with van der Waals surface area (Å²) < 4.78 is 5.45. The summed E-state index contributed by atoms with van der Waals surface area (Å²) in [7, 11) is 1.68. The highest BCUT2D eigenvalue weighted by molar-refractivity contribution is 5.85. The highest BCUT2D eigenvalue weighted by Crippen LogP contribution is 2.28. The van der Waals surface area contributed by atoms with E-state index in [-0.39, 0.29) is 18.4 Å². The van der Waals surface area contributed by atoms with Gasteiger partial charge in [-0.15, -0.1) is 0 Å². The lowest BCUT2D eigenvalue weighted by atomic mass is 10.1. The molecule has 27 heavy (non-hydrogen) atoms. The number of carbonyl (C=O) groups is 2. The van der Waals surface area contributed by atoms with Crippen LogP contribution < -0.4 is 15.0 Å². The molecule has 2 amide bonds. The number of benzene rings is 1. The smallest absolute Gasteiger partial charge is 0.242 e. The van der Waals surface area contributed by atoms with Crippen molar-refractivity contribution < 1.29 is 14.3 Å². The molecule has 2 bridgehead atoms. The van der Waals surface area contributed by atoms with Gasteiger partial charge in [0.2, 0.25) is 11.8 Å². The molecule has 0 aliphatic carbocycles. The van der Waals surface area contributed by atoms with Crippen LogP contribution in [0.3, 0.4) is 0 Å². The first-order valence-electron chi connectivity index (χ1n) is 9.83. The largest absolute Gasteiger partial charge is 0.495 e. The summed E-state index contributed by atoms with van der Waals surface area (Å²) in [5.41, 5.74) is 1.07. The zero-order valence-electron chi connectivity index (χ0n) is 15.9. The van der Waals surface area contributed by atoms with Crippen LogP contribution in [-0.4, -0.2) is 80.1 Å². The molecule has 146 valence electrons. The minimum atomic E-state index is 0.0563. The molecule has 4 rings (SSSR count). The van der Waals surface area contributed by atoms with Gasteiger partial charge >= 0.3 is 0 Å². The number of amides is 2. The van der Waals surface area contributed by atoms with Gasteiger partial charge in [-0.05, 0) is 25.0 Å². The molecule has 3 aliphatic heterocycles. The van der Waals surface area contributed by atoms with E-state index in [4.69, 9.17) is 4.74 Å². The molecule has 2 atom stereocenters. The van der Waals surface area contributed by atoms with E-state index in [0.29, 0.717) is 38.1 Å². The maximum Gasteiger partial charge on any atom is 0.242 e. The first-order valence-corrected chi connectivity index (χ1v) is 9.83. The van der Waals surface area contributed by atoms with Gasteiger partial charge in [0.15, 0.2) is 0 Å². The second-order valence-corrected chi connectivity index (χ2v) is 7.66. The zero-order valence-corrected chi connectivity index (χ0v) is 15.9. The third-order valence-electron chi connectivity index (χ3n) is 5.93. The molecule has 1 N–H and O–H groups in total. The van der Waals surface area contributed by atoms with Crippen molar-refractivity contribution >= 4 is 17.5 Å². The average molecular weight is 372 g/mol. The predicted octanol–water partition coefficient (Wildman–Crippen LogP) is 0.697. The molecule has 3 fully saturated rings. The minimum Gasteiger partial charge on any atom is -0.495 e. The Morgan fingerprint density at radius 2 is 1.89 bits per heavy atom. The van der Waals surface area contributed by atoms with Crippen LogP contribution in [0.15, 0.2) is 24.3 Å². The van der Waals surface area contributed by atoms with Crippen LogP contribution in [0.1, 0.15) is 19.3 Å². The van der Waals surface area contributed by atoms with Crippen molar-refractivity contribution in [3.05, 3.63) is 24.3 Å². The first kappa shape index (κ1) is 18.1. The lowest BCUT2D eigenvalue weighted by Crippen LogP contribution is -2.52. The summed E-state index contributed by atoms with van der Waals surface area (Å²) in [4.78, 5) is 31.1. The third kappa shape index (κ3) is 3.88. The lowest BCUT2D eigenvalue weighted by Gasteiger charge is -2.37. The third-order valence-corrected chi connectivity index (χ3v) is 5.93. The number of para-hydroxylation sites is 2. The molecule has 7 heteroatoms. The minimum absolute atomic E-state index is 0.0563. The summed E-state index contributed by atoms with van der Waals surface area (Å²) in [6, 6.07) is 8.61.